The highest BCUT2D eigenvalue weighted by Gasteiger charge is 2.16. The van der Waals surface area contributed by atoms with Crippen LogP contribution >= 0.6 is 0 Å². The zero-order chi connectivity index (χ0) is 29.2. The monoisotopic (exact) mass is 539 g/mol. The van der Waals surface area contributed by atoms with Gasteiger partial charge in [-0.05, 0) is 109 Å². The van der Waals surface area contributed by atoms with Crippen molar-refractivity contribution in [2.75, 3.05) is 0 Å². The Labute approximate surface area is 248 Å². The molecular weight excluding hydrogens is 506 g/mol. The van der Waals surface area contributed by atoms with Crippen LogP contribution in [0.15, 0.2) is 152 Å². The highest BCUT2D eigenvalue weighted by molar-refractivity contribution is 6.21. The molecule has 6 aromatic rings. The van der Waals surface area contributed by atoms with E-state index < -0.39 is 0 Å². The Hall–Kier alpha value is -5.27. The molecule has 0 saturated carbocycles. The minimum absolute atomic E-state index is 0.790. The fraction of sp³-hybridized carbons (Fsp3) is 0.0488. The van der Waals surface area contributed by atoms with E-state index in [1.807, 2.05) is 19.1 Å². The topological polar surface area (TPSA) is 23.9 Å². The molecule has 0 fully saturated rings. The Morgan fingerprint density at radius 3 is 1.79 bits per heavy atom. The van der Waals surface area contributed by atoms with Crippen molar-refractivity contribution >= 4 is 44.1 Å². The summed E-state index contributed by atoms with van der Waals surface area (Å²) in [6, 6.07) is 39.6. The molecule has 1 N–H and O–H groups in total. The molecule has 6 rings (SSSR count). The zero-order valence-corrected chi connectivity index (χ0v) is 24.1. The summed E-state index contributed by atoms with van der Waals surface area (Å²) in [7, 11) is 0. The Balaban J connectivity index is 1.56. The van der Waals surface area contributed by atoms with Gasteiger partial charge >= 0.3 is 0 Å². The van der Waals surface area contributed by atoms with Gasteiger partial charge in [0.1, 0.15) is 0 Å². The van der Waals surface area contributed by atoms with Crippen molar-refractivity contribution < 1.29 is 0 Å². The van der Waals surface area contributed by atoms with Crippen molar-refractivity contribution in [3.05, 3.63) is 163 Å². The maximum Gasteiger partial charge on any atom is 0.0256 e. The van der Waals surface area contributed by atoms with Gasteiger partial charge in [-0.1, -0.05) is 128 Å². The standard InChI is InChI=1S/C41H33N/c1-5-29(6-2)35(26-42)23-28(4)31-20-18-30-19-21-33(25-34(30)24-31)41-38-16-9-7-14-36(38)40(32-13-11-12-27(3)22-32)37-15-8-10-17-39(37)41/h5-26,42H,1,4H2,2-3H3/b29-6+,35-23+,42-26?. The predicted octanol–water partition coefficient (Wildman–Crippen LogP) is 11.5. The Kier molecular flexibility index (Phi) is 7.25. The van der Waals surface area contributed by atoms with Crippen LogP contribution in [0, 0.1) is 12.3 Å². The van der Waals surface area contributed by atoms with Crippen LogP contribution in [-0.2, 0) is 0 Å². The summed E-state index contributed by atoms with van der Waals surface area (Å²) in [6.07, 6.45) is 7.05. The quantitative estimate of drug-likeness (QED) is 0.118. The molecule has 0 saturated heterocycles. The number of hydrogen-bond donors (Lipinski definition) is 1. The summed E-state index contributed by atoms with van der Waals surface area (Å²) in [5.41, 5.74) is 9.81. The number of benzene rings is 6. The molecule has 0 spiro atoms. The van der Waals surface area contributed by atoms with Crippen molar-refractivity contribution in [2.45, 2.75) is 13.8 Å². The van der Waals surface area contributed by atoms with E-state index in [4.69, 9.17) is 5.41 Å². The minimum Gasteiger partial charge on any atom is -0.308 e. The van der Waals surface area contributed by atoms with Gasteiger partial charge in [0.15, 0.2) is 0 Å². The van der Waals surface area contributed by atoms with Gasteiger partial charge in [-0.2, -0.15) is 0 Å². The first-order valence-corrected chi connectivity index (χ1v) is 14.3. The lowest BCUT2D eigenvalue weighted by atomic mass is 9.85. The summed E-state index contributed by atoms with van der Waals surface area (Å²) in [6.45, 7) is 12.3. The van der Waals surface area contributed by atoms with Crippen LogP contribution in [0.2, 0.25) is 0 Å². The van der Waals surface area contributed by atoms with E-state index >= 15 is 0 Å². The van der Waals surface area contributed by atoms with Crippen molar-refractivity contribution in [1.29, 1.82) is 5.41 Å². The molecule has 0 aromatic heterocycles. The number of nitrogens with one attached hydrogen (secondary N) is 1. The third-order valence-corrected chi connectivity index (χ3v) is 8.09. The highest BCUT2D eigenvalue weighted by atomic mass is 14.3. The lowest BCUT2D eigenvalue weighted by Crippen LogP contribution is -1.91. The Bertz CT molecular complexity index is 2040. The fourth-order valence-electron chi connectivity index (χ4n) is 6.03. The molecule has 1 heteroatoms. The van der Waals surface area contributed by atoms with Gasteiger partial charge in [-0.15, -0.1) is 0 Å². The SMILES string of the molecule is C=CC(=C\C)/C(C=N)=C/C(=C)c1ccc2ccc(-c3c4ccccc4c(-c4cccc(C)c4)c4ccccc34)cc2c1. The lowest BCUT2D eigenvalue weighted by molar-refractivity contribution is 1.47. The van der Waals surface area contributed by atoms with Gasteiger partial charge in [-0.25, -0.2) is 0 Å². The first-order chi connectivity index (χ1) is 20.5. The molecule has 0 amide bonds. The van der Waals surface area contributed by atoms with Crippen LogP contribution in [0.25, 0.3) is 60.1 Å². The van der Waals surface area contributed by atoms with Crippen molar-refractivity contribution in [2.24, 2.45) is 0 Å². The van der Waals surface area contributed by atoms with E-state index in [2.05, 4.69) is 129 Å². The average Bonchev–Trinajstić information content (AvgIpc) is 3.02. The third-order valence-electron chi connectivity index (χ3n) is 8.09. The number of hydrogen-bond acceptors (Lipinski definition) is 1. The summed E-state index contributed by atoms with van der Waals surface area (Å²) in [5.74, 6) is 0. The molecule has 202 valence electrons. The minimum atomic E-state index is 0.790. The molecule has 0 radical (unpaired) electrons. The van der Waals surface area contributed by atoms with Crippen LogP contribution in [0.3, 0.4) is 0 Å². The number of rotatable bonds is 7. The first kappa shape index (κ1) is 26.9. The summed E-state index contributed by atoms with van der Waals surface area (Å²) in [4.78, 5) is 0. The number of aryl methyl sites for hydroxylation is 1. The smallest absolute Gasteiger partial charge is 0.0256 e. The molecule has 0 unspecified atom stereocenters. The van der Waals surface area contributed by atoms with Crippen molar-refractivity contribution in [1.82, 2.24) is 0 Å². The van der Waals surface area contributed by atoms with E-state index in [0.29, 0.717) is 0 Å². The zero-order valence-electron chi connectivity index (χ0n) is 24.1. The number of allylic oxidation sites excluding steroid dienone is 6. The van der Waals surface area contributed by atoms with E-state index in [-0.39, 0.29) is 0 Å². The van der Waals surface area contributed by atoms with Gasteiger partial charge in [-0.3, -0.25) is 0 Å². The molecule has 0 heterocycles. The van der Waals surface area contributed by atoms with Crippen LogP contribution in [-0.4, -0.2) is 6.21 Å². The normalized spacial score (nSPS) is 12.1. The van der Waals surface area contributed by atoms with E-state index in [1.54, 1.807) is 6.08 Å². The Morgan fingerprint density at radius 1 is 0.643 bits per heavy atom. The van der Waals surface area contributed by atoms with Gasteiger partial charge in [0, 0.05) is 6.21 Å². The molecule has 42 heavy (non-hydrogen) atoms. The first-order valence-electron chi connectivity index (χ1n) is 14.3. The van der Waals surface area contributed by atoms with Crippen LogP contribution < -0.4 is 0 Å². The summed E-state index contributed by atoms with van der Waals surface area (Å²) >= 11 is 0. The molecule has 1 nitrogen and oxygen atoms in total. The second kappa shape index (κ2) is 11.3. The lowest BCUT2D eigenvalue weighted by Gasteiger charge is -2.18. The predicted molar refractivity (Wildman–Crippen MR) is 184 cm³/mol. The maximum absolute atomic E-state index is 7.90. The third kappa shape index (κ3) is 4.80. The van der Waals surface area contributed by atoms with E-state index in [0.717, 1.165) is 27.7 Å². The molecule has 0 bridgehead atoms. The molecule has 0 atom stereocenters. The summed E-state index contributed by atoms with van der Waals surface area (Å²) < 4.78 is 0. The van der Waals surface area contributed by atoms with Gasteiger partial charge in [0.05, 0.1) is 0 Å². The molecule has 0 aliphatic heterocycles. The van der Waals surface area contributed by atoms with Crippen LogP contribution in [0.1, 0.15) is 18.1 Å². The second-order valence-corrected chi connectivity index (χ2v) is 10.7. The van der Waals surface area contributed by atoms with Gasteiger partial charge < -0.3 is 5.41 Å². The number of fused-ring (bicyclic) bond motifs is 3. The average molecular weight is 540 g/mol. The fourth-order valence-corrected chi connectivity index (χ4v) is 6.03. The van der Waals surface area contributed by atoms with Gasteiger partial charge in [0.25, 0.3) is 0 Å². The highest BCUT2D eigenvalue weighted by Crippen LogP contribution is 2.44. The van der Waals surface area contributed by atoms with Crippen molar-refractivity contribution in [3.63, 3.8) is 0 Å². The molecule has 0 aliphatic rings. The van der Waals surface area contributed by atoms with Crippen LogP contribution in [0.5, 0.6) is 0 Å². The molecule has 0 aliphatic carbocycles. The maximum atomic E-state index is 7.90. The molecule has 6 aromatic carbocycles. The van der Waals surface area contributed by atoms with Crippen molar-refractivity contribution in [3.8, 4) is 22.3 Å². The Morgan fingerprint density at radius 2 is 1.24 bits per heavy atom. The van der Waals surface area contributed by atoms with E-state index in [1.165, 1.54) is 61.0 Å². The van der Waals surface area contributed by atoms with Crippen LogP contribution in [0.4, 0.5) is 0 Å². The summed E-state index contributed by atoms with van der Waals surface area (Å²) in [5, 5.41) is 15.2. The largest absolute Gasteiger partial charge is 0.308 e. The second-order valence-electron chi connectivity index (χ2n) is 10.7. The van der Waals surface area contributed by atoms with Gasteiger partial charge in [0.2, 0.25) is 0 Å². The van der Waals surface area contributed by atoms with E-state index in [9.17, 15) is 0 Å². The molecular formula is C41H33N.